The molecule has 0 bridgehead atoms. The summed E-state index contributed by atoms with van der Waals surface area (Å²) in [4.78, 5) is 22.2. The molecule has 0 aliphatic carbocycles. The second kappa shape index (κ2) is 5.35. The van der Waals surface area contributed by atoms with E-state index in [9.17, 15) is 14.9 Å². The fraction of sp³-hybridized carbons (Fsp3) is 0.417. The van der Waals surface area contributed by atoms with Crippen molar-refractivity contribution in [2.75, 3.05) is 5.32 Å². The number of nitrogens with one attached hydrogen (secondary N) is 1. The molecule has 1 amide bonds. The summed E-state index contributed by atoms with van der Waals surface area (Å²) in [7, 11) is 1.79. The maximum absolute atomic E-state index is 12.0. The van der Waals surface area contributed by atoms with Crippen molar-refractivity contribution in [3.63, 3.8) is 0 Å². The van der Waals surface area contributed by atoms with Gasteiger partial charge in [0.05, 0.1) is 22.0 Å². The topological polar surface area (TPSA) is 108 Å². The van der Waals surface area contributed by atoms with Gasteiger partial charge in [0, 0.05) is 7.05 Å². The van der Waals surface area contributed by atoms with Crippen molar-refractivity contribution in [3.8, 4) is 0 Å². The van der Waals surface area contributed by atoms with Crippen molar-refractivity contribution in [1.29, 1.82) is 0 Å². The summed E-state index contributed by atoms with van der Waals surface area (Å²) < 4.78 is 2.93. The van der Waals surface area contributed by atoms with Crippen molar-refractivity contribution in [3.05, 3.63) is 33.4 Å². The zero-order valence-corrected chi connectivity index (χ0v) is 12.2. The molecule has 0 aromatic carbocycles. The van der Waals surface area contributed by atoms with Crippen molar-refractivity contribution >= 4 is 17.3 Å². The number of amides is 1. The first-order chi connectivity index (χ1) is 9.79. The molecule has 0 fully saturated rings. The maximum Gasteiger partial charge on any atom is 0.309 e. The highest BCUT2D eigenvalue weighted by Crippen LogP contribution is 2.19. The van der Waals surface area contributed by atoms with Crippen LogP contribution in [0.2, 0.25) is 0 Å². The molecule has 2 aromatic heterocycles. The quantitative estimate of drug-likeness (QED) is 0.670. The van der Waals surface area contributed by atoms with Gasteiger partial charge in [0.1, 0.15) is 18.4 Å². The van der Waals surface area contributed by atoms with E-state index in [1.807, 2.05) is 6.92 Å². The number of carbonyl (C=O) groups excluding carboxylic acids is 1. The second-order valence-electron chi connectivity index (χ2n) is 4.77. The largest absolute Gasteiger partial charge is 0.321 e. The van der Waals surface area contributed by atoms with Gasteiger partial charge in [0.15, 0.2) is 0 Å². The van der Waals surface area contributed by atoms with Crippen LogP contribution in [0.1, 0.15) is 17.1 Å². The number of aromatic nitrogens is 4. The number of carbonyl (C=O) groups is 1. The van der Waals surface area contributed by atoms with Gasteiger partial charge >= 0.3 is 5.69 Å². The lowest BCUT2D eigenvalue weighted by Gasteiger charge is -2.05. The van der Waals surface area contributed by atoms with Crippen LogP contribution in [0.3, 0.4) is 0 Å². The van der Waals surface area contributed by atoms with Gasteiger partial charge in [-0.15, -0.1) is 0 Å². The minimum absolute atomic E-state index is 0.0948. The van der Waals surface area contributed by atoms with E-state index in [1.165, 1.54) is 17.8 Å². The van der Waals surface area contributed by atoms with Crippen LogP contribution in [0, 0.1) is 30.9 Å². The monoisotopic (exact) mass is 292 g/mol. The molecule has 2 heterocycles. The van der Waals surface area contributed by atoms with Crippen molar-refractivity contribution in [2.24, 2.45) is 7.05 Å². The highest BCUT2D eigenvalue weighted by Gasteiger charge is 2.18. The van der Waals surface area contributed by atoms with Crippen molar-refractivity contribution in [1.82, 2.24) is 19.6 Å². The standard InChI is InChI=1S/C12H16N6O3/c1-7-10(18(20)21)5-17(15-7)6-11(19)13-12-8(2)14-16(4)9(12)3/h5H,6H2,1-4H3,(H,13,19). The lowest BCUT2D eigenvalue weighted by atomic mass is 10.3. The molecular weight excluding hydrogens is 276 g/mol. The average Bonchev–Trinajstić information content (AvgIpc) is 2.85. The zero-order chi connectivity index (χ0) is 15.7. The first-order valence-corrected chi connectivity index (χ1v) is 6.28. The van der Waals surface area contributed by atoms with E-state index >= 15 is 0 Å². The molecule has 0 saturated carbocycles. The molecule has 0 aliphatic heterocycles. The van der Waals surface area contributed by atoms with Gasteiger partial charge < -0.3 is 5.32 Å². The molecule has 0 spiro atoms. The molecule has 0 radical (unpaired) electrons. The molecule has 0 saturated heterocycles. The van der Waals surface area contributed by atoms with Gasteiger partial charge in [-0.3, -0.25) is 24.3 Å². The summed E-state index contributed by atoms with van der Waals surface area (Å²) in [6, 6.07) is 0. The molecule has 0 aliphatic rings. The summed E-state index contributed by atoms with van der Waals surface area (Å²) in [5, 5.41) is 21.7. The number of aryl methyl sites for hydroxylation is 3. The molecule has 112 valence electrons. The minimum Gasteiger partial charge on any atom is -0.321 e. The predicted octanol–water partition coefficient (Wildman–Crippen LogP) is 1.09. The van der Waals surface area contributed by atoms with Crippen LogP contribution in [0.4, 0.5) is 11.4 Å². The van der Waals surface area contributed by atoms with E-state index in [0.29, 0.717) is 11.4 Å². The molecule has 21 heavy (non-hydrogen) atoms. The van der Waals surface area contributed by atoms with Gasteiger partial charge in [-0.2, -0.15) is 10.2 Å². The fourth-order valence-corrected chi connectivity index (χ4v) is 2.05. The Morgan fingerprint density at radius 3 is 2.48 bits per heavy atom. The lowest BCUT2D eigenvalue weighted by molar-refractivity contribution is -0.385. The number of hydrogen-bond acceptors (Lipinski definition) is 5. The molecule has 0 unspecified atom stereocenters. The van der Waals surface area contributed by atoms with E-state index in [0.717, 1.165) is 5.69 Å². The van der Waals surface area contributed by atoms with Crippen LogP contribution in [0.15, 0.2) is 6.20 Å². The third-order valence-electron chi connectivity index (χ3n) is 3.20. The van der Waals surface area contributed by atoms with Crippen LogP contribution < -0.4 is 5.32 Å². The normalized spacial score (nSPS) is 10.7. The zero-order valence-electron chi connectivity index (χ0n) is 12.2. The summed E-state index contributed by atoms with van der Waals surface area (Å²) in [5.74, 6) is -0.313. The number of nitro groups is 1. The van der Waals surface area contributed by atoms with Crippen LogP contribution in [0.5, 0.6) is 0 Å². The highest BCUT2D eigenvalue weighted by molar-refractivity contribution is 5.91. The average molecular weight is 292 g/mol. The number of hydrogen-bond donors (Lipinski definition) is 1. The van der Waals surface area contributed by atoms with E-state index < -0.39 is 4.92 Å². The molecule has 9 heteroatoms. The first-order valence-electron chi connectivity index (χ1n) is 6.28. The molecule has 9 nitrogen and oxygen atoms in total. The molecule has 1 N–H and O–H groups in total. The van der Waals surface area contributed by atoms with Crippen LogP contribution >= 0.6 is 0 Å². The minimum atomic E-state index is -0.522. The van der Waals surface area contributed by atoms with Crippen LogP contribution in [-0.2, 0) is 18.4 Å². The van der Waals surface area contributed by atoms with Gasteiger partial charge in [0.2, 0.25) is 5.91 Å². The van der Waals surface area contributed by atoms with Crippen LogP contribution in [0.25, 0.3) is 0 Å². The summed E-state index contributed by atoms with van der Waals surface area (Å²) in [5.41, 5.74) is 2.38. The van der Waals surface area contributed by atoms with Crippen LogP contribution in [-0.4, -0.2) is 30.4 Å². The third-order valence-corrected chi connectivity index (χ3v) is 3.20. The molecule has 0 atom stereocenters. The Bertz CT molecular complexity index is 715. The number of nitrogens with zero attached hydrogens (tertiary/aromatic N) is 5. The molecule has 2 aromatic rings. The van der Waals surface area contributed by atoms with Gasteiger partial charge in [0.25, 0.3) is 0 Å². The Kier molecular flexibility index (Phi) is 3.74. The molecular formula is C12H16N6O3. The Balaban J connectivity index is 2.12. The lowest BCUT2D eigenvalue weighted by Crippen LogP contribution is -2.19. The molecule has 2 rings (SSSR count). The Labute approximate surface area is 120 Å². The second-order valence-corrected chi connectivity index (χ2v) is 4.77. The van der Waals surface area contributed by atoms with E-state index in [2.05, 4.69) is 15.5 Å². The summed E-state index contributed by atoms with van der Waals surface area (Å²) >= 11 is 0. The van der Waals surface area contributed by atoms with Gasteiger partial charge in [-0.25, -0.2) is 0 Å². The predicted molar refractivity (Wildman–Crippen MR) is 74.9 cm³/mol. The van der Waals surface area contributed by atoms with Crippen molar-refractivity contribution < 1.29 is 9.72 Å². The van der Waals surface area contributed by atoms with Gasteiger partial charge in [-0.05, 0) is 20.8 Å². The summed E-state index contributed by atoms with van der Waals surface area (Å²) in [6.07, 6.45) is 1.25. The number of rotatable bonds is 4. The smallest absolute Gasteiger partial charge is 0.309 e. The van der Waals surface area contributed by atoms with E-state index in [-0.39, 0.29) is 23.8 Å². The maximum atomic E-state index is 12.0. The number of anilines is 1. The highest BCUT2D eigenvalue weighted by atomic mass is 16.6. The van der Waals surface area contributed by atoms with Gasteiger partial charge in [-0.1, -0.05) is 0 Å². The fourth-order valence-electron chi connectivity index (χ4n) is 2.05. The Morgan fingerprint density at radius 1 is 1.33 bits per heavy atom. The SMILES string of the molecule is Cc1nn(CC(=O)Nc2c(C)nn(C)c2C)cc1[N+](=O)[O-]. The first kappa shape index (κ1) is 14.7. The third kappa shape index (κ3) is 2.91. The van der Waals surface area contributed by atoms with E-state index in [1.54, 1.807) is 18.7 Å². The summed E-state index contributed by atoms with van der Waals surface area (Å²) in [6.45, 7) is 5.08. The Hall–Kier alpha value is -2.71. The van der Waals surface area contributed by atoms with E-state index in [4.69, 9.17) is 0 Å². The Morgan fingerprint density at radius 2 is 2.00 bits per heavy atom. The van der Waals surface area contributed by atoms with Crippen molar-refractivity contribution in [2.45, 2.75) is 27.3 Å².